The number of rotatable bonds is 4. The monoisotopic (exact) mass is 575 g/mol. The van der Waals surface area contributed by atoms with Gasteiger partial charge in [-0.05, 0) is 41.5 Å². The van der Waals surface area contributed by atoms with E-state index in [1.807, 2.05) is 0 Å². The van der Waals surface area contributed by atoms with Crippen LogP contribution in [-0.2, 0) is 23.5 Å². The molecule has 4 rings (SSSR count). The van der Waals surface area contributed by atoms with E-state index in [1.54, 1.807) is 5.32 Å². The number of nitrogens with zero attached hydrogens (tertiary/aromatic N) is 2. The van der Waals surface area contributed by atoms with E-state index in [2.05, 4.69) is 5.16 Å². The summed E-state index contributed by atoms with van der Waals surface area (Å²) in [6.45, 7) is -1.86. The van der Waals surface area contributed by atoms with E-state index in [9.17, 15) is 39.9 Å². The van der Waals surface area contributed by atoms with Crippen LogP contribution in [0, 0.1) is 0 Å². The molecule has 37 heavy (non-hydrogen) atoms. The fourth-order valence-electron chi connectivity index (χ4n) is 3.96. The molecule has 1 amide bonds. The number of fused-ring (bicyclic) bond motifs is 1. The van der Waals surface area contributed by atoms with E-state index < -0.39 is 42.7 Å². The first kappa shape index (κ1) is 27.2. The van der Waals surface area contributed by atoms with Crippen LogP contribution in [0.4, 0.5) is 35.1 Å². The number of alkyl halides is 8. The van der Waals surface area contributed by atoms with Gasteiger partial charge in [-0.15, -0.1) is 0 Å². The molecule has 1 unspecified atom stereocenters. The molecule has 2 aliphatic rings. The number of amidine groups is 1. The third kappa shape index (κ3) is 5.15. The quantitative estimate of drug-likeness (QED) is 0.428. The first-order valence-corrected chi connectivity index (χ1v) is 11.2. The molecule has 0 aliphatic carbocycles. The Balaban J connectivity index is 1.49. The standard InChI is InChI=1S/C22H15Cl2F8N3O2/c23-15-4-14(5-16(24)6-15)19(21(27,28)29)7-17(34-37-19)35-8-12-2-1-11(3-13(12)9-35)18(36)33-10-20(25,26)22(30,31)32/h1-6H,7-10H2,(H,33,36). The highest BCUT2D eigenvalue weighted by Gasteiger charge is 2.63. The summed E-state index contributed by atoms with van der Waals surface area (Å²) in [6.07, 6.45) is -11.4. The Morgan fingerprint density at radius 2 is 1.59 bits per heavy atom. The molecule has 5 nitrogen and oxygen atoms in total. The molecule has 2 aromatic rings. The highest BCUT2D eigenvalue weighted by Crippen LogP contribution is 2.50. The van der Waals surface area contributed by atoms with Crippen molar-refractivity contribution >= 4 is 34.9 Å². The molecule has 2 aliphatic heterocycles. The number of hydrogen-bond acceptors (Lipinski definition) is 4. The van der Waals surface area contributed by atoms with E-state index in [0.717, 1.165) is 12.1 Å². The number of carbonyl (C=O) groups is 1. The molecule has 15 heteroatoms. The van der Waals surface area contributed by atoms with Gasteiger partial charge in [0.05, 0.1) is 13.0 Å². The lowest BCUT2D eigenvalue weighted by Gasteiger charge is -2.30. The van der Waals surface area contributed by atoms with E-state index >= 15 is 0 Å². The summed E-state index contributed by atoms with van der Waals surface area (Å²) in [5.74, 6) is -6.34. The molecule has 2 aromatic carbocycles. The molecule has 0 spiro atoms. The summed E-state index contributed by atoms with van der Waals surface area (Å²) in [5.41, 5.74) is -2.34. The second-order valence-electron chi connectivity index (χ2n) is 8.48. The summed E-state index contributed by atoms with van der Waals surface area (Å²) in [4.78, 5) is 18.6. The van der Waals surface area contributed by atoms with Gasteiger partial charge in [0.1, 0.15) is 5.84 Å². The van der Waals surface area contributed by atoms with Crippen LogP contribution < -0.4 is 5.32 Å². The smallest absolute Gasteiger partial charge is 0.372 e. The predicted octanol–water partition coefficient (Wildman–Crippen LogP) is 6.43. The molecule has 200 valence electrons. The van der Waals surface area contributed by atoms with Gasteiger partial charge in [0.15, 0.2) is 0 Å². The third-order valence-electron chi connectivity index (χ3n) is 5.94. The fourth-order valence-corrected chi connectivity index (χ4v) is 4.48. The zero-order valence-corrected chi connectivity index (χ0v) is 19.8. The van der Waals surface area contributed by atoms with Crippen molar-refractivity contribution in [2.75, 3.05) is 6.54 Å². The van der Waals surface area contributed by atoms with Crippen molar-refractivity contribution in [3.05, 3.63) is 68.7 Å². The number of nitrogens with one attached hydrogen (secondary N) is 1. The Hall–Kier alpha value is -2.80. The third-order valence-corrected chi connectivity index (χ3v) is 6.38. The second-order valence-corrected chi connectivity index (χ2v) is 9.36. The largest absolute Gasteiger partial charge is 0.455 e. The maximum absolute atomic E-state index is 14.2. The van der Waals surface area contributed by atoms with Gasteiger partial charge < -0.3 is 15.1 Å². The van der Waals surface area contributed by atoms with Crippen LogP contribution in [-0.4, -0.2) is 41.5 Å². The summed E-state index contributed by atoms with van der Waals surface area (Å²) in [7, 11) is 0. The topological polar surface area (TPSA) is 53.9 Å². The van der Waals surface area contributed by atoms with Crippen molar-refractivity contribution in [2.45, 2.75) is 43.4 Å². The molecule has 0 saturated heterocycles. The number of amides is 1. The van der Waals surface area contributed by atoms with Gasteiger partial charge >= 0.3 is 18.3 Å². The van der Waals surface area contributed by atoms with Gasteiger partial charge in [-0.1, -0.05) is 34.4 Å². The van der Waals surface area contributed by atoms with Crippen molar-refractivity contribution in [1.82, 2.24) is 10.2 Å². The van der Waals surface area contributed by atoms with E-state index in [1.165, 1.54) is 29.2 Å². The van der Waals surface area contributed by atoms with Crippen LogP contribution in [0.2, 0.25) is 10.0 Å². The normalized spacial score (nSPS) is 19.9. The lowest BCUT2D eigenvalue weighted by atomic mass is 9.89. The van der Waals surface area contributed by atoms with Gasteiger partial charge in [-0.3, -0.25) is 4.79 Å². The molecule has 0 radical (unpaired) electrons. The highest BCUT2D eigenvalue weighted by atomic mass is 35.5. The number of benzene rings is 2. The predicted molar refractivity (Wildman–Crippen MR) is 116 cm³/mol. The summed E-state index contributed by atoms with van der Waals surface area (Å²) >= 11 is 11.8. The Morgan fingerprint density at radius 1 is 0.973 bits per heavy atom. The summed E-state index contributed by atoms with van der Waals surface area (Å²) in [6, 6.07) is 7.32. The second kappa shape index (κ2) is 9.19. The van der Waals surface area contributed by atoms with Gasteiger partial charge in [0.25, 0.3) is 11.5 Å². The first-order chi connectivity index (χ1) is 17.0. The van der Waals surface area contributed by atoms with E-state index in [4.69, 9.17) is 28.0 Å². The highest BCUT2D eigenvalue weighted by molar-refractivity contribution is 6.34. The van der Waals surface area contributed by atoms with Crippen LogP contribution in [0.25, 0.3) is 0 Å². The molecule has 1 atom stereocenters. The fraction of sp³-hybridized carbons (Fsp3) is 0.364. The zero-order chi connectivity index (χ0) is 27.4. The van der Waals surface area contributed by atoms with Crippen LogP contribution in [0.15, 0.2) is 41.6 Å². The SMILES string of the molecule is O=C(NCC(F)(F)C(F)(F)F)c1ccc2c(c1)CN(C1=NOC(c3cc(Cl)cc(Cl)c3)(C(F)(F)F)C1)C2. The lowest BCUT2D eigenvalue weighted by molar-refractivity contribution is -0.278. The van der Waals surface area contributed by atoms with Crippen molar-refractivity contribution in [3.8, 4) is 0 Å². The molecule has 0 aromatic heterocycles. The van der Waals surface area contributed by atoms with Crippen LogP contribution in [0.5, 0.6) is 0 Å². The molecule has 2 heterocycles. The number of halogens is 10. The first-order valence-electron chi connectivity index (χ1n) is 10.4. The maximum Gasteiger partial charge on any atom is 0.455 e. The number of oxime groups is 1. The molecule has 1 N–H and O–H groups in total. The minimum Gasteiger partial charge on any atom is -0.372 e. The summed E-state index contributed by atoms with van der Waals surface area (Å²) in [5, 5.41) is 5.14. The van der Waals surface area contributed by atoms with Crippen molar-refractivity contribution in [1.29, 1.82) is 0 Å². The minimum atomic E-state index is -5.83. The molecular weight excluding hydrogens is 561 g/mol. The summed E-state index contributed by atoms with van der Waals surface area (Å²) < 4.78 is 106. The number of hydrogen-bond donors (Lipinski definition) is 1. The van der Waals surface area contributed by atoms with E-state index in [0.29, 0.717) is 11.1 Å². The molecular formula is C22H15Cl2F8N3O2. The van der Waals surface area contributed by atoms with Crippen LogP contribution >= 0.6 is 23.2 Å². The average Bonchev–Trinajstić information content (AvgIpc) is 3.40. The van der Waals surface area contributed by atoms with Gasteiger partial charge in [-0.25, -0.2) is 0 Å². The minimum absolute atomic E-state index is 0.0123. The molecule has 0 fully saturated rings. The van der Waals surface area contributed by atoms with Gasteiger partial charge in [0, 0.05) is 34.3 Å². The van der Waals surface area contributed by atoms with Gasteiger partial charge in [-0.2, -0.15) is 35.1 Å². The van der Waals surface area contributed by atoms with Crippen LogP contribution in [0.1, 0.15) is 33.5 Å². The Labute approximate surface area is 213 Å². The molecule has 0 saturated carbocycles. The van der Waals surface area contributed by atoms with Crippen molar-refractivity contribution in [3.63, 3.8) is 0 Å². The van der Waals surface area contributed by atoms with E-state index in [-0.39, 0.29) is 40.1 Å². The van der Waals surface area contributed by atoms with Crippen molar-refractivity contribution in [2.24, 2.45) is 5.16 Å². The Morgan fingerprint density at radius 3 is 2.19 bits per heavy atom. The van der Waals surface area contributed by atoms with Crippen molar-refractivity contribution < 1.29 is 44.8 Å². The molecule has 0 bridgehead atoms. The van der Waals surface area contributed by atoms with Crippen LogP contribution in [0.3, 0.4) is 0 Å². The maximum atomic E-state index is 14.2. The van der Waals surface area contributed by atoms with Gasteiger partial charge in [0.2, 0.25) is 0 Å². The Bertz CT molecular complexity index is 1250. The lowest BCUT2D eigenvalue weighted by Crippen LogP contribution is -2.46. The average molecular weight is 576 g/mol. The zero-order valence-electron chi connectivity index (χ0n) is 18.3. The Kier molecular flexibility index (Phi) is 6.77. The number of carbonyl (C=O) groups excluding carboxylic acids is 1.